The van der Waals surface area contributed by atoms with Crippen LogP contribution in [0.2, 0.25) is 0 Å². The lowest BCUT2D eigenvalue weighted by molar-refractivity contribution is -0.125. The Hall–Kier alpha value is -3.58. The summed E-state index contributed by atoms with van der Waals surface area (Å²) >= 11 is 1.02. The van der Waals surface area contributed by atoms with Gasteiger partial charge in [0.05, 0.1) is 12.3 Å². The molecular formula is C24H20N2O4S. The van der Waals surface area contributed by atoms with Gasteiger partial charge in [-0.1, -0.05) is 54.2 Å². The molecule has 1 aliphatic heterocycles. The van der Waals surface area contributed by atoms with Gasteiger partial charge in [-0.2, -0.15) is 0 Å². The molecule has 1 fully saturated rings. The minimum atomic E-state index is -0.222. The van der Waals surface area contributed by atoms with Crippen LogP contribution in [0.5, 0.6) is 5.75 Å². The molecule has 0 atom stereocenters. The summed E-state index contributed by atoms with van der Waals surface area (Å²) < 4.78 is 5.71. The van der Waals surface area contributed by atoms with E-state index in [9.17, 15) is 14.4 Å². The van der Waals surface area contributed by atoms with Gasteiger partial charge in [-0.3, -0.25) is 19.3 Å². The summed E-state index contributed by atoms with van der Waals surface area (Å²) in [6, 6.07) is 23.9. The van der Waals surface area contributed by atoms with Gasteiger partial charge in [0.15, 0.2) is 0 Å². The summed E-state index contributed by atoms with van der Waals surface area (Å²) in [5, 5.41) is 2.63. The molecule has 0 bridgehead atoms. The monoisotopic (exact) mass is 432 g/mol. The number of hydrogen-bond acceptors (Lipinski definition) is 5. The molecule has 7 heteroatoms. The third-order valence-electron chi connectivity index (χ3n) is 4.76. The van der Waals surface area contributed by atoms with Crippen LogP contribution in [0.1, 0.15) is 21.5 Å². The Morgan fingerprint density at radius 1 is 0.903 bits per heavy atom. The normalized spacial score (nSPS) is 13.4. The van der Waals surface area contributed by atoms with Crippen molar-refractivity contribution in [2.24, 2.45) is 0 Å². The average molecular weight is 433 g/mol. The summed E-state index contributed by atoms with van der Waals surface area (Å²) in [6.07, 6.45) is 0. The second-order valence-corrected chi connectivity index (χ2v) is 7.91. The van der Waals surface area contributed by atoms with Gasteiger partial charge in [-0.05, 0) is 47.5 Å². The molecule has 1 heterocycles. The first-order chi connectivity index (χ1) is 15.1. The molecule has 0 spiro atoms. The van der Waals surface area contributed by atoms with Gasteiger partial charge >= 0.3 is 0 Å². The number of rotatable bonds is 7. The van der Waals surface area contributed by atoms with Crippen molar-refractivity contribution >= 4 is 34.5 Å². The Kier molecular flexibility index (Phi) is 6.33. The number of amides is 3. The van der Waals surface area contributed by atoms with Crippen molar-refractivity contribution in [1.29, 1.82) is 0 Å². The number of carbonyl (C=O) groups is 3. The van der Waals surface area contributed by atoms with Crippen LogP contribution in [0, 0.1) is 0 Å². The fourth-order valence-corrected chi connectivity index (χ4v) is 3.77. The summed E-state index contributed by atoms with van der Waals surface area (Å²) in [5.41, 5.74) is 2.97. The predicted molar refractivity (Wildman–Crippen MR) is 120 cm³/mol. The Morgan fingerprint density at radius 3 is 2.23 bits per heavy atom. The summed E-state index contributed by atoms with van der Waals surface area (Å²) in [4.78, 5) is 37.2. The number of nitrogens with one attached hydrogen (secondary N) is 1. The first kappa shape index (κ1) is 20.7. The molecule has 0 aromatic heterocycles. The number of ether oxygens (including phenoxy) is 1. The van der Waals surface area contributed by atoms with Gasteiger partial charge < -0.3 is 10.1 Å². The average Bonchev–Trinajstić information content (AvgIpc) is 3.12. The van der Waals surface area contributed by atoms with E-state index >= 15 is 0 Å². The highest BCUT2D eigenvalue weighted by molar-refractivity contribution is 8.14. The Labute approximate surface area is 184 Å². The smallest absolute Gasteiger partial charge is 0.289 e. The van der Waals surface area contributed by atoms with Crippen LogP contribution >= 0.6 is 11.8 Å². The van der Waals surface area contributed by atoms with Crippen molar-refractivity contribution in [2.75, 3.05) is 11.1 Å². The Morgan fingerprint density at radius 2 is 1.58 bits per heavy atom. The maximum absolute atomic E-state index is 12.5. The first-order valence-corrected chi connectivity index (χ1v) is 10.7. The van der Waals surface area contributed by atoms with Gasteiger partial charge in [0.25, 0.3) is 11.1 Å². The molecule has 0 unspecified atom stereocenters. The molecule has 1 N–H and O–H groups in total. The number of anilines is 1. The molecule has 1 saturated heterocycles. The SMILES string of the molecule is O=C(Nc1ccc(CN2C(=O)CSC2=O)cc1)c1ccc(COc2ccccc2)cc1. The second kappa shape index (κ2) is 9.49. The first-order valence-electron chi connectivity index (χ1n) is 9.73. The van der Waals surface area contributed by atoms with Crippen LogP contribution in [0.4, 0.5) is 10.5 Å². The lowest BCUT2D eigenvalue weighted by atomic mass is 10.1. The maximum Gasteiger partial charge on any atom is 0.289 e. The fourth-order valence-electron chi connectivity index (χ4n) is 3.05. The standard InChI is InChI=1S/C24H20N2O4S/c27-22-16-31-24(29)26(22)14-17-8-12-20(13-9-17)25-23(28)19-10-6-18(7-11-19)15-30-21-4-2-1-3-5-21/h1-13H,14-16H2,(H,25,28). The molecule has 0 radical (unpaired) electrons. The zero-order valence-corrected chi connectivity index (χ0v) is 17.4. The fraction of sp³-hybridized carbons (Fsp3) is 0.125. The molecule has 3 aromatic rings. The number of carbonyl (C=O) groups excluding carboxylic acids is 3. The molecule has 1 aliphatic rings. The number of benzene rings is 3. The van der Waals surface area contributed by atoms with Gasteiger partial charge in [0, 0.05) is 11.3 Å². The van der Waals surface area contributed by atoms with Crippen LogP contribution in [0.25, 0.3) is 0 Å². The minimum Gasteiger partial charge on any atom is -0.489 e. The highest BCUT2D eigenvalue weighted by atomic mass is 32.2. The molecule has 31 heavy (non-hydrogen) atoms. The molecule has 6 nitrogen and oxygen atoms in total. The highest BCUT2D eigenvalue weighted by Gasteiger charge is 2.29. The Balaban J connectivity index is 1.31. The third-order valence-corrected chi connectivity index (χ3v) is 5.62. The van der Waals surface area contributed by atoms with E-state index < -0.39 is 0 Å². The van der Waals surface area contributed by atoms with Crippen LogP contribution in [0.15, 0.2) is 78.9 Å². The second-order valence-electron chi connectivity index (χ2n) is 6.98. The number of thioether (sulfide) groups is 1. The van der Waals surface area contributed by atoms with E-state index in [4.69, 9.17) is 4.74 Å². The molecule has 4 rings (SSSR count). The highest BCUT2D eigenvalue weighted by Crippen LogP contribution is 2.22. The number of imide groups is 1. The van der Waals surface area contributed by atoms with E-state index in [1.54, 1.807) is 36.4 Å². The van der Waals surface area contributed by atoms with Crippen molar-refractivity contribution in [3.63, 3.8) is 0 Å². The van der Waals surface area contributed by atoms with Crippen LogP contribution in [-0.4, -0.2) is 27.7 Å². The van der Waals surface area contributed by atoms with E-state index in [1.807, 2.05) is 42.5 Å². The van der Waals surface area contributed by atoms with Crippen molar-refractivity contribution in [3.8, 4) is 5.75 Å². The van der Waals surface area contributed by atoms with Crippen molar-refractivity contribution in [2.45, 2.75) is 13.2 Å². The molecule has 156 valence electrons. The van der Waals surface area contributed by atoms with E-state index in [-0.39, 0.29) is 29.4 Å². The van der Waals surface area contributed by atoms with E-state index in [2.05, 4.69) is 5.32 Å². The number of para-hydroxylation sites is 1. The van der Waals surface area contributed by atoms with E-state index in [1.165, 1.54) is 4.90 Å². The molecule has 0 aliphatic carbocycles. The number of hydrogen-bond donors (Lipinski definition) is 1. The summed E-state index contributed by atoms with van der Waals surface area (Å²) in [6.45, 7) is 0.666. The minimum absolute atomic E-state index is 0.176. The van der Waals surface area contributed by atoms with Crippen molar-refractivity contribution in [3.05, 3.63) is 95.6 Å². The molecular weight excluding hydrogens is 412 g/mol. The molecule has 0 saturated carbocycles. The summed E-state index contributed by atoms with van der Waals surface area (Å²) in [7, 11) is 0. The van der Waals surface area contributed by atoms with Gasteiger partial charge in [0.2, 0.25) is 5.91 Å². The number of nitrogens with zero attached hydrogens (tertiary/aromatic N) is 1. The Bertz CT molecular complexity index is 1070. The van der Waals surface area contributed by atoms with Crippen LogP contribution < -0.4 is 10.1 Å². The zero-order chi connectivity index (χ0) is 21.6. The van der Waals surface area contributed by atoms with Crippen molar-refractivity contribution < 1.29 is 19.1 Å². The third kappa shape index (κ3) is 5.32. The van der Waals surface area contributed by atoms with E-state index in [0.717, 1.165) is 28.6 Å². The quantitative estimate of drug-likeness (QED) is 0.585. The van der Waals surface area contributed by atoms with E-state index in [0.29, 0.717) is 17.9 Å². The largest absolute Gasteiger partial charge is 0.489 e. The summed E-state index contributed by atoms with van der Waals surface area (Å²) in [5.74, 6) is 0.601. The van der Waals surface area contributed by atoms with Gasteiger partial charge in [0.1, 0.15) is 12.4 Å². The molecule has 3 aromatic carbocycles. The topological polar surface area (TPSA) is 75.7 Å². The predicted octanol–water partition coefficient (Wildman–Crippen LogP) is 4.71. The van der Waals surface area contributed by atoms with Crippen LogP contribution in [0.3, 0.4) is 0 Å². The van der Waals surface area contributed by atoms with Crippen molar-refractivity contribution in [1.82, 2.24) is 4.90 Å². The lowest BCUT2D eigenvalue weighted by Crippen LogP contribution is -2.27. The van der Waals surface area contributed by atoms with Gasteiger partial charge in [-0.15, -0.1) is 0 Å². The zero-order valence-electron chi connectivity index (χ0n) is 16.6. The maximum atomic E-state index is 12.5. The van der Waals surface area contributed by atoms with Crippen LogP contribution in [-0.2, 0) is 17.9 Å². The lowest BCUT2D eigenvalue weighted by Gasteiger charge is -2.13. The van der Waals surface area contributed by atoms with Gasteiger partial charge in [-0.25, -0.2) is 0 Å². The molecule has 3 amide bonds.